The van der Waals surface area contributed by atoms with Gasteiger partial charge in [-0.25, -0.2) is 18.7 Å². The molecule has 0 saturated heterocycles. The lowest BCUT2D eigenvalue weighted by atomic mass is 10.1. The van der Waals surface area contributed by atoms with Gasteiger partial charge >= 0.3 is 0 Å². The highest BCUT2D eigenvalue weighted by Crippen LogP contribution is 2.19. The van der Waals surface area contributed by atoms with Crippen LogP contribution >= 0.6 is 0 Å². The molecule has 0 aliphatic rings. The van der Waals surface area contributed by atoms with E-state index in [0.29, 0.717) is 30.2 Å². The van der Waals surface area contributed by atoms with Crippen LogP contribution in [0.1, 0.15) is 30.2 Å². The number of nitrogens with zero attached hydrogens (tertiary/aromatic N) is 2. The third-order valence-electron chi connectivity index (χ3n) is 3.90. The number of halogens is 2. The maximum atomic E-state index is 12.5. The second-order valence-electron chi connectivity index (χ2n) is 5.77. The molecular formula is C19H18F2N4O. The lowest BCUT2D eigenvalue weighted by molar-refractivity contribution is 0.151. The second-order valence-corrected chi connectivity index (χ2v) is 5.77. The molecule has 0 aliphatic carbocycles. The smallest absolute Gasteiger partial charge is 0.263 e. The molecule has 2 heterocycles. The van der Waals surface area contributed by atoms with Gasteiger partial charge in [-0.05, 0) is 24.1 Å². The zero-order valence-corrected chi connectivity index (χ0v) is 14.2. The van der Waals surface area contributed by atoms with Crippen molar-refractivity contribution in [2.75, 3.05) is 5.32 Å². The third kappa shape index (κ3) is 4.30. The monoisotopic (exact) mass is 356 g/mol. The average molecular weight is 356 g/mol. The van der Waals surface area contributed by atoms with Gasteiger partial charge in [-0.15, -0.1) is 0 Å². The van der Waals surface area contributed by atoms with Crippen LogP contribution in [-0.4, -0.2) is 15.0 Å². The number of pyridine rings is 1. The molecule has 134 valence electrons. The standard InChI is InChI=1S/C19H18F2N4O/c1-2-15-9-17(26)25-19(24-15)14-7-8-16(23-11-14)22-10-12-3-5-13(6-4-12)18(20)21/h3-9,11,18H,2,10H2,1H3,(H,22,23)(H,24,25,26). The molecule has 2 aromatic heterocycles. The molecule has 0 atom stereocenters. The Kier molecular flexibility index (Phi) is 5.36. The molecule has 1 aromatic carbocycles. The highest BCUT2D eigenvalue weighted by molar-refractivity contribution is 5.55. The number of aromatic amines is 1. The van der Waals surface area contributed by atoms with E-state index in [4.69, 9.17) is 0 Å². The first-order chi connectivity index (χ1) is 12.5. The van der Waals surface area contributed by atoms with E-state index < -0.39 is 6.43 Å². The molecule has 5 nitrogen and oxygen atoms in total. The summed E-state index contributed by atoms with van der Waals surface area (Å²) in [5.74, 6) is 1.12. The van der Waals surface area contributed by atoms with Crippen molar-refractivity contribution in [1.29, 1.82) is 0 Å². The van der Waals surface area contributed by atoms with Crippen LogP contribution in [0, 0.1) is 0 Å². The minimum absolute atomic E-state index is 0.00651. The van der Waals surface area contributed by atoms with E-state index in [9.17, 15) is 13.6 Å². The first-order valence-electron chi connectivity index (χ1n) is 8.22. The lowest BCUT2D eigenvalue weighted by Crippen LogP contribution is -2.10. The van der Waals surface area contributed by atoms with Crippen molar-refractivity contribution in [2.24, 2.45) is 0 Å². The summed E-state index contributed by atoms with van der Waals surface area (Å²) in [5.41, 5.74) is 2.12. The second kappa shape index (κ2) is 7.86. The van der Waals surface area contributed by atoms with Crippen LogP contribution in [-0.2, 0) is 13.0 Å². The normalized spacial score (nSPS) is 10.9. The molecule has 0 bridgehead atoms. The molecule has 0 fully saturated rings. The number of rotatable bonds is 6. The van der Waals surface area contributed by atoms with E-state index in [2.05, 4.69) is 20.3 Å². The van der Waals surface area contributed by atoms with Crippen LogP contribution in [0.5, 0.6) is 0 Å². The fourth-order valence-electron chi connectivity index (χ4n) is 2.44. The van der Waals surface area contributed by atoms with E-state index in [1.165, 1.54) is 18.2 Å². The Morgan fingerprint density at radius 3 is 2.54 bits per heavy atom. The summed E-state index contributed by atoms with van der Waals surface area (Å²) in [4.78, 5) is 23.1. The summed E-state index contributed by atoms with van der Waals surface area (Å²) in [6.45, 7) is 2.40. The van der Waals surface area contributed by atoms with Crippen molar-refractivity contribution in [3.63, 3.8) is 0 Å². The summed E-state index contributed by atoms with van der Waals surface area (Å²) < 4.78 is 25.1. The fourth-order valence-corrected chi connectivity index (χ4v) is 2.44. The molecule has 2 N–H and O–H groups in total. The van der Waals surface area contributed by atoms with Gasteiger partial charge < -0.3 is 10.3 Å². The van der Waals surface area contributed by atoms with Crippen LogP contribution in [0.3, 0.4) is 0 Å². The fraction of sp³-hybridized carbons (Fsp3) is 0.211. The molecule has 0 saturated carbocycles. The summed E-state index contributed by atoms with van der Waals surface area (Å²) >= 11 is 0. The van der Waals surface area contributed by atoms with E-state index in [-0.39, 0.29) is 11.1 Å². The molecular weight excluding hydrogens is 338 g/mol. The molecule has 0 aliphatic heterocycles. The molecule has 26 heavy (non-hydrogen) atoms. The molecule has 7 heteroatoms. The number of aromatic nitrogens is 3. The first-order valence-corrected chi connectivity index (χ1v) is 8.22. The molecule has 0 amide bonds. The summed E-state index contributed by atoms with van der Waals surface area (Å²) in [6, 6.07) is 11.2. The van der Waals surface area contributed by atoms with Crippen molar-refractivity contribution >= 4 is 5.82 Å². The Morgan fingerprint density at radius 1 is 1.15 bits per heavy atom. The van der Waals surface area contributed by atoms with E-state index >= 15 is 0 Å². The number of H-pyrrole nitrogens is 1. The number of benzene rings is 1. The van der Waals surface area contributed by atoms with Crippen LogP contribution in [0.4, 0.5) is 14.6 Å². The van der Waals surface area contributed by atoms with Crippen molar-refractivity contribution < 1.29 is 8.78 Å². The Bertz CT molecular complexity index is 922. The number of hydrogen-bond acceptors (Lipinski definition) is 4. The number of aryl methyl sites for hydroxylation is 1. The summed E-state index contributed by atoms with van der Waals surface area (Å²) in [7, 11) is 0. The maximum Gasteiger partial charge on any atom is 0.263 e. The Morgan fingerprint density at radius 2 is 1.92 bits per heavy atom. The average Bonchev–Trinajstić information content (AvgIpc) is 2.66. The Labute approximate surface area is 149 Å². The largest absolute Gasteiger partial charge is 0.366 e. The van der Waals surface area contributed by atoms with Gasteiger partial charge in [0.1, 0.15) is 11.6 Å². The van der Waals surface area contributed by atoms with Gasteiger partial charge in [0.2, 0.25) is 0 Å². The van der Waals surface area contributed by atoms with Gasteiger partial charge in [-0.1, -0.05) is 31.2 Å². The summed E-state index contributed by atoms with van der Waals surface area (Å²) in [5, 5.41) is 3.13. The van der Waals surface area contributed by atoms with E-state index in [1.54, 1.807) is 24.4 Å². The third-order valence-corrected chi connectivity index (χ3v) is 3.90. The molecule has 0 unspecified atom stereocenters. The van der Waals surface area contributed by atoms with Crippen molar-refractivity contribution in [3.8, 4) is 11.4 Å². The van der Waals surface area contributed by atoms with Crippen LogP contribution in [0.25, 0.3) is 11.4 Å². The van der Waals surface area contributed by atoms with Gasteiger partial charge in [0.15, 0.2) is 0 Å². The summed E-state index contributed by atoms with van der Waals surface area (Å²) in [6.07, 6.45) is -0.161. The van der Waals surface area contributed by atoms with Gasteiger partial charge in [-0.3, -0.25) is 4.79 Å². The minimum atomic E-state index is -2.46. The molecule has 0 radical (unpaired) electrons. The van der Waals surface area contributed by atoms with E-state index in [0.717, 1.165) is 11.3 Å². The van der Waals surface area contributed by atoms with Gasteiger partial charge in [0.05, 0.1) is 0 Å². The van der Waals surface area contributed by atoms with Gasteiger partial charge in [0, 0.05) is 35.6 Å². The minimum Gasteiger partial charge on any atom is -0.366 e. The highest BCUT2D eigenvalue weighted by Gasteiger charge is 2.06. The zero-order valence-electron chi connectivity index (χ0n) is 14.2. The Balaban J connectivity index is 1.68. The Hall–Kier alpha value is -3.09. The van der Waals surface area contributed by atoms with Gasteiger partial charge in [-0.2, -0.15) is 0 Å². The molecule has 0 spiro atoms. The van der Waals surface area contributed by atoms with Crippen LogP contribution in [0.2, 0.25) is 0 Å². The first kappa shape index (κ1) is 17.7. The topological polar surface area (TPSA) is 70.7 Å². The van der Waals surface area contributed by atoms with Crippen molar-refractivity contribution in [2.45, 2.75) is 26.3 Å². The molecule has 3 rings (SSSR count). The highest BCUT2D eigenvalue weighted by atomic mass is 19.3. The zero-order chi connectivity index (χ0) is 18.5. The van der Waals surface area contributed by atoms with Crippen LogP contribution < -0.4 is 10.9 Å². The molecule has 3 aromatic rings. The van der Waals surface area contributed by atoms with Crippen LogP contribution in [0.15, 0.2) is 53.5 Å². The number of hydrogen-bond donors (Lipinski definition) is 2. The maximum absolute atomic E-state index is 12.5. The van der Waals surface area contributed by atoms with Crippen molar-refractivity contribution in [3.05, 3.63) is 75.8 Å². The number of alkyl halides is 2. The van der Waals surface area contributed by atoms with Gasteiger partial charge in [0.25, 0.3) is 12.0 Å². The predicted molar refractivity (Wildman–Crippen MR) is 96.2 cm³/mol. The SMILES string of the molecule is CCc1cc(=O)[nH]c(-c2ccc(NCc3ccc(C(F)F)cc3)nc2)n1. The van der Waals surface area contributed by atoms with E-state index in [1.807, 2.05) is 13.0 Å². The quantitative estimate of drug-likeness (QED) is 0.702. The lowest BCUT2D eigenvalue weighted by Gasteiger charge is -2.08. The predicted octanol–water partition coefficient (Wildman–Crippen LogP) is 3.94. The number of anilines is 1. The van der Waals surface area contributed by atoms with Crippen molar-refractivity contribution in [1.82, 2.24) is 15.0 Å². The number of nitrogens with one attached hydrogen (secondary N) is 2.